The summed E-state index contributed by atoms with van der Waals surface area (Å²) in [5.41, 5.74) is 5.37. The van der Waals surface area contributed by atoms with Crippen molar-refractivity contribution in [2.24, 2.45) is 5.41 Å². The molecule has 1 fully saturated rings. The van der Waals surface area contributed by atoms with E-state index in [4.69, 9.17) is 19.4 Å². The number of aryl methyl sites for hydroxylation is 2. The molecule has 1 aromatic heterocycles. The zero-order valence-electron chi connectivity index (χ0n) is 19.1. The fourth-order valence-electron chi connectivity index (χ4n) is 6.07. The first-order valence-corrected chi connectivity index (χ1v) is 11.2. The summed E-state index contributed by atoms with van der Waals surface area (Å²) in [7, 11) is 0. The van der Waals surface area contributed by atoms with Crippen molar-refractivity contribution in [3.63, 3.8) is 0 Å². The van der Waals surface area contributed by atoms with Crippen molar-refractivity contribution in [3.8, 4) is 11.5 Å². The number of benzene rings is 2. The van der Waals surface area contributed by atoms with Gasteiger partial charge in [0.25, 0.3) is 0 Å². The summed E-state index contributed by atoms with van der Waals surface area (Å²) in [4.78, 5) is 24.2. The molecule has 3 aromatic rings. The first kappa shape index (κ1) is 19.5. The zero-order valence-corrected chi connectivity index (χ0v) is 19.1. The van der Waals surface area contributed by atoms with E-state index in [1.54, 1.807) is 0 Å². The van der Waals surface area contributed by atoms with Gasteiger partial charge in [-0.05, 0) is 67.5 Å². The van der Waals surface area contributed by atoms with Gasteiger partial charge < -0.3 is 14.8 Å². The Balaban J connectivity index is 1.50. The molecule has 2 bridgehead atoms. The molecule has 164 valence electrons. The van der Waals surface area contributed by atoms with Gasteiger partial charge in [0.15, 0.2) is 11.5 Å². The quantitative estimate of drug-likeness (QED) is 0.624. The number of amides is 1. The van der Waals surface area contributed by atoms with Crippen LogP contribution >= 0.6 is 0 Å². The summed E-state index contributed by atoms with van der Waals surface area (Å²) in [6.45, 7) is 11.0. The van der Waals surface area contributed by atoms with Crippen LogP contribution < -0.4 is 14.8 Å². The van der Waals surface area contributed by atoms with Crippen molar-refractivity contribution in [2.45, 2.75) is 58.3 Å². The van der Waals surface area contributed by atoms with Crippen molar-refractivity contribution in [1.29, 1.82) is 0 Å². The normalized spacial score (nSPS) is 26.4. The Morgan fingerprint density at radius 3 is 2.28 bits per heavy atom. The highest BCUT2D eigenvalue weighted by molar-refractivity contribution is 6.02. The maximum atomic E-state index is 14.0. The minimum atomic E-state index is -0.743. The summed E-state index contributed by atoms with van der Waals surface area (Å²) in [5, 5.41) is 3.17. The van der Waals surface area contributed by atoms with Gasteiger partial charge in [-0.3, -0.25) is 4.79 Å². The summed E-state index contributed by atoms with van der Waals surface area (Å²) in [5.74, 6) is 1.32. The molecule has 1 aliphatic heterocycles. The Labute approximate surface area is 187 Å². The van der Waals surface area contributed by atoms with Gasteiger partial charge in [0.05, 0.1) is 27.8 Å². The molecular weight excluding hydrogens is 402 g/mol. The minimum absolute atomic E-state index is 0.0266. The van der Waals surface area contributed by atoms with Crippen LogP contribution in [0.4, 0.5) is 5.69 Å². The molecule has 1 saturated carbocycles. The summed E-state index contributed by atoms with van der Waals surface area (Å²) < 4.78 is 10.9. The van der Waals surface area contributed by atoms with E-state index in [1.807, 2.05) is 18.2 Å². The van der Waals surface area contributed by atoms with E-state index in [1.165, 1.54) is 11.1 Å². The van der Waals surface area contributed by atoms with Crippen LogP contribution in [0, 0.1) is 19.3 Å². The molecule has 1 N–H and O–H groups in total. The molecule has 6 nitrogen and oxygen atoms in total. The fourth-order valence-corrected chi connectivity index (χ4v) is 6.07. The van der Waals surface area contributed by atoms with Crippen molar-refractivity contribution >= 4 is 22.6 Å². The highest BCUT2D eigenvalue weighted by Crippen LogP contribution is 2.70. The Morgan fingerprint density at radius 2 is 1.56 bits per heavy atom. The number of carbonyl (C=O) groups is 1. The molecule has 2 unspecified atom stereocenters. The lowest BCUT2D eigenvalue weighted by atomic mass is 9.63. The number of ether oxygens (including phenoxy) is 2. The topological polar surface area (TPSA) is 73.3 Å². The van der Waals surface area contributed by atoms with Crippen molar-refractivity contribution in [1.82, 2.24) is 9.97 Å². The Hall–Kier alpha value is -3.15. The molecular formula is C26H27N3O3. The summed E-state index contributed by atoms with van der Waals surface area (Å²) in [6, 6.07) is 9.71. The van der Waals surface area contributed by atoms with E-state index in [0.717, 1.165) is 35.3 Å². The minimum Gasteiger partial charge on any atom is -0.454 e. The predicted molar refractivity (Wildman–Crippen MR) is 122 cm³/mol. The Kier molecular flexibility index (Phi) is 3.66. The van der Waals surface area contributed by atoms with Gasteiger partial charge in [0, 0.05) is 17.2 Å². The number of nitrogens with one attached hydrogen (secondary N) is 1. The van der Waals surface area contributed by atoms with Crippen LogP contribution in [0.15, 0.2) is 30.3 Å². The number of anilines is 1. The van der Waals surface area contributed by atoms with Gasteiger partial charge in [-0.2, -0.15) is 0 Å². The largest absolute Gasteiger partial charge is 0.454 e. The molecule has 1 amide bonds. The average Bonchev–Trinajstić information content (AvgIpc) is 3.33. The molecule has 2 heterocycles. The van der Waals surface area contributed by atoms with Gasteiger partial charge in [-0.25, -0.2) is 9.97 Å². The fraction of sp³-hybridized carbons (Fsp3) is 0.423. The molecule has 2 aromatic carbocycles. The van der Waals surface area contributed by atoms with Gasteiger partial charge in [-0.1, -0.05) is 20.8 Å². The Bertz CT molecular complexity index is 1330. The first-order valence-electron chi connectivity index (χ1n) is 11.2. The number of nitrogens with zero attached hydrogens (tertiary/aromatic N) is 2. The number of hydrogen-bond donors (Lipinski definition) is 1. The monoisotopic (exact) mass is 429 g/mol. The third kappa shape index (κ3) is 2.17. The van der Waals surface area contributed by atoms with Crippen LogP contribution in [-0.4, -0.2) is 22.7 Å². The molecule has 0 spiro atoms. The second-order valence-corrected chi connectivity index (χ2v) is 10.2. The van der Waals surface area contributed by atoms with E-state index in [2.05, 4.69) is 52.1 Å². The molecule has 3 aliphatic rings. The third-order valence-electron chi connectivity index (χ3n) is 8.67. The van der Waals surface area contributed by atoms with Gasteiger partial charge in [-0.15, -0.1) is 0 Å². The van der Waals surface area contributed by atoms with Crippen LogP contribution in [-0.2, 0) is 15.6 Å². The van der Waals surface area contributed by atoms with Crippen LogP contribution in [0.3, 0.4) is 0 Å². The molecule has 2 atom stereocenters. The molecule has 6 heteroatoms. The van der Waals surface area contributed by atoms with E-state index >= 15 is 0 Å². The predicted octanol–water partition coefficient (Wildman–Crippen LogP) is 4.94. The zero-order chi connectivity index (χ0) is 22.5. The average molecular weight is 430 g/mol. The first-order chi connectivity index (χ1) is 15.2. The number of aromatic nitrogens is 2. The number of carbonyl (C=O) groups excluding carboxylic acids is 1. The van der Waals surface area contributed by atoms with E-state index in [9.17, 15) is 4.79 Å². The lowest BCUT2D eigenvalue weighted by Crippen LogP contribution is -2.48. The lowest BCUT2D eigenvalue weighted by molar-refractivity contribution is -0.125. The van der Waals surface area contributed by atoms with Crippen molar-refractivity contribution in [2.75, 3.05) is 12.1 Å². The van der Waals surface area contributed by atoms with E-state index in [-0.39, 0.29) is 23.5 Å². The molecule has 2 aliphatic carbocycles. The number of rotatable bonds is 2. The van der Waals surface area contributed by atoms with E-state index in [0.29, 0.717) is 17.2 Å². The summed E-state index contributed by atoms with van der Waals surface area (Å²) >= 11 is 0. The van der Waals surface area contributed by atoms with Crippen LogP contribution in [0.2, 0.25) is 0 Å². The highest BCUT2D eigenvalue weighted by Gasteiger charge is 2.73. The van der Waals surface area contributed by atoms with Crippen molar-refractivity contribution < 1.29 is 14.3 Å². The second-order valence-electron chi connectivity index (χ2n) is 10.2. The number of fused-ring (bicyclic) bond motifs is 7. The molecule has 0 saturated heterocycles. The molecule has 0 radical (unpaired) electrons. The smallest absolute Gasteiger partial charge is 0.237 e. The van der Waals surface area contributed by atoms with Gasteiger partial charge in [0.2, 0.25) is 12.7 Å². The Morgan fingerprint density at radius 1 is 0.906 bits per heavy atom. The van der Waals surface area contributed by atoms with Gasteiger partial charge in [0.1, 0.15) is 0 Å². The molecule has 32 heavy (non-hydrogen) atoms. The van der Waals surface area contributed by atoms with Gasteiger partial charge >= 0.3 is 0 Å². The summed E-state index contributed by atoms with van der Waals surface area (Å²) in [6.07, 6.45) is 1.66. The standard InChI is InChI=1S/C26H27N3O3/c1-14-10-17-18(11-15(14)2)29-22-21(28-17)25(5)8-9-26(22,24(25,3)4)23(30)27-16-6-7-19-20(12-16)32-13-31-19/h6-7,10-12H,8-9,13H2,1-5H3,(H,27,30). The molecule has 6 rings (SSSR count). The highest BCUT2D eigenvalue weighted by atomic mass is 16.7. The van der Waals surface area contributed by atoms with Crippen LogP contribution in [0.5, 0.6) is 11.5 Å². The maximum Gasteiger partial charge on any atom is 0.237 e. The lowest BCUT2D eigenvalue weighted by Gasteiger charge is -2.39. The second kappa shape index (κ2) is 6.00. The van der Waals surface area contributed by atoms with Crippen LogP contribution in [0.25, 0.3) is 11.0 Å². The van der Waals surface area contributed by atoms with Crippen LogP contribution in [0.1, 0.15) is 56.1 Å². The third-order valence-corrected chi connectivity index (χ3v) is 8.67. The number of hydrogen-bond acceptors (Lipinski definition) is 5. The van der Waals surface area contributed by atoms with Crippen molar-refractivity contribution in [3.05, 3.63) is 52.8 Å². The SMILES string of the molecule is Cc1cc2nc3c(nc2cc1C)C1(C(=O)Nc2ccc4c(c2)OCO4)CCC3(C)C1(C)C. The maximum absolute atomic E-state index is 14.0. The van der Waals surface area contributed by atoms with E-state index < -0.39 is 5.41 Å².